The maximum Gasteiger partial charge on any atom is 0.0674 e. The van der Waals surface area contributed by atoms with Gasteiger partial charge >= 0.3 is 0 Å². The molecule has 0 aliphatic carbocycles. The van der Waals surface area contributed by atoms with Crippen LogP contribution < -0.4 is 0 Å². The van der Waals surface area contributed by atoms with Gasteiger partial charge < -0.3 is 9.64 Å². The van der Waals surface area contributed by atoms with Crippen LogP contribution in [0.2, 0.25) is 0 Å². The second-order valence-electron chi connectivity index (χ2n) is 2.44. The normalized spacial score (nSPS) is 27.0. The number of morpholine rings is 1. The van der Waals surface area contributed by atoms with Crippen LogP contribution in [0.25, 0.3) is 0 Å². The van der Waals surface area contributed by atoms with Gasteiger partial charge in [0.2, 0.25) is 0 Å². The fourth-order valence-electron chi connectivity index (χ4n) is 0.993. The zero-order valence-corrected chi connectivity index (χ0v) is 7.55. The lowest BCUT2D eigenvalue weighted by molar-refractivity contribution is -0.00861. The third-order valence-corrected chi connectivity index (χ3v) is 1.44. The molecule has 0 N–H and O–H groups in total. The Balaban J connectivity index is 0.000000371. The first-order valence-corrected chi connectivity index (χ1v) is 4.09. The molecule has 1 unspecified atom stereocenters. The summed E-state index contributed by atoms with van der Waals surface area (Å²) in [4.78, 5) is 2.29. The molecule has 0 saturated carbocycles. The average molecular weight is 145 g/mol. The van der Waals surface area contributed by atoms with Gasteiger partial charge in [-0.25, -0.2) is 0 Å². The molecule has 62 valence electrons. The van der Waals surface area contributed by atoms with Gasteiger partial charge in [0.25, 0.3) is 0 Å². The Hall–Kier alpha value is -0.0800. The molecule has 0 amide bonds. The lowest BCUT2D eigenvalue weighted by Crippen LogP contribution is -2.38. The molecule has 10 heavy (non-hydrogen) atoms. The van der Waals surface area contributed by atoms with Gasteiger partial charge in [-0.1, -0.05) is 13.8 Å². The summed E-state index contributed by atoms with van der Waals surface area (Å²) in [5.41, 5.74) is 0. The fraction of sp³-hybridized carbons (Fsp3) is 1.00. The third kappa shape index (κ3) is 3.85. The molecule has 0 aromatic carbocycles. The largest absolute Gasteiger partial charge is 0.376 e. The van der Waals surface area contributed by atoms with Gasteiger partial charge in [0.15, 0.2) is 0 Å². The number of nitrogens with zero attached hydrogens (tertiary/aromatic N) is 1. The van der Waals surface area contributed by atoms with Crippen molar-refractivity contribution >= 4 is 0 Å². The van der Waals surface area contributed by atoms with Gasteiger partial charge in [-0.05, 0) is 14.0 Å². The summed E-state index contributed by atoms with van der Waals surface area (Å²) in [6.45, 7) is 9.18. The predicted molar refractivity (Wildman–Crippen MR) is 44.3 cm³/mol. The number of ether oxygens (including phenoxy) is 1. The summed E-state index contributed by atoms with van der Waals surface area (Å²) >= 11 is 0. The van der Waals surface area contributed by atoms with Crippen LogP contribution in [0.4, 0.5) is 0 Å². The maximum absolute atomic E-state index is 5.31. The molecule has 0 aromatic rings. The third-order valence-electron chi connectivity index (χ3n) is 1.44. The number of hydrogen-bond acceptors (Lipinski definition) is 2. The van der Waals surface area contributed by atoms with E-state index in [0.717, 1.165) is 19.7 Å². The fourth-order valence-corrected chi connectivity index (χ4v) is 0.993. The zero-order valence-electron chi connectivity index (χ0n) is 7.55. The monoisotopic (exact) mass is 145 g/mol. The van der Waals surface area contributed by atoms with E-state index in [-0.39, 0.29) is 0 Å². The highest BCUT2D eigenvalue weighted by Crippen LogP contribution is 1.99. The van der Waals surface area contributed by atoms with Gasteiger partial charge in [-0.2, -0.15) is 0 Å². The highest BCUT2D eigenvalue weighted by atomic mass is 16.5. The van der Waals surface area contributed by atoms with Gasteiger partial charge in [-0.15, -0.1) is 0 Å². The van der Waals surface area contributed by atoms with E-state index in [0.29, 0.717) is 6.10 Å². The van der Waals surface area contributed by atoms with Crippen LogP contribution in [0.15, 0.2) is 0 Å². The molecule has 1 heterocycles. The van der Waals surface area contributed by atoms with Crippen molar-refractivity contribution < 1.29 is 4.74 Å². The summed E-state index contributed by atoms with van der Waals surface area (Å²) in [5, 5.41) is 0. The molecule has 1 aliphatic rings. The molecule has 1 aliphatic heterocycles. The van der Waals surface area contributed by atoms with Crippen LogP contribution in [0.3, 0.4) is 0 Å². The maximum atomic E-state index is 5.31. The molecule has 0 aromatic heterocycles. The number of hydrogen-bond donors (Lipinski definition) is 0. The van der Waals surface area contributed by atoms with Gasteiger partial charge in [0.05, 0.1) is 12.7 Å². The van der Waals surface area contributed by atoms with Crippen LogP contribution in [0, 0.1) is 0 Å². The Morgan fingerprint density at radius 1 is 1.40 bits per heavy atom. The van der Waals surface area contributed by atoms with E-state index >= 15 is 0 Å². The van der Waals surface area contributed by atoms with E-state index in [4.69, 9.17) is 4.74 Å². The average Bonchev–Trinajstić information content (AvgIpc) is 1.91. The van der Waals surface area contributed by atoms with E-state index in [1.807, 2.05) is 13.8 Å². The molecule has 1 saturated heterocycles. The predicted octanol–water partition coefficient (Wildman–Crippen LogP) is 1.36. The first kappa shape index (κ1) is 9.92. The van der Waals surface area contributed by atoms with Gasteiger partial charge in [-0.3, -0.25) is 0 Å². The van der Waals surface area contributed by atoms with E-state index in [2.05, 4.69) is 18.9 Å². The summed E-state index contributed by atoms with van der Waals surface area (Å²) < 4.78 is 5.31. The van der Waals surface area contributed by atoms with Crippen LogP contribution >= 0.6 is 0 Å². The summed E-state index contributed by atoms with van der Waals surface area (Å²) in [7, 11) is 2.12. The lowest BCUT2D eigenvalue weighted by Gasteiger charge is -2.27. The zero-order chi connectivity index (χ0) is 7.98. The molecule has 1 rings (SSSR count). The first-order chi connectivity index (χ1) is 4.79. The molecule has 2 heteroatoms. The molecule has 1 fully saturated rings. The lowest BCUT2D eigenvalue weighted by atomic mass is 10.3. The smallest absolute Gasteiger partial charge is 0.0674 e. The van der Waals surface area contributed by atoms with Gasteiger partial charge in [0.1, 0.15) is 0 Å². The highest BCUT2D eigenvalue weighted by molar-refractivity contribution is 4.62. The molecule has 2 nitrogen and oxygen atoms in total. The molecule has 0 spiro atoms. The quantitative estimate of drug-likeness (QED) is 0.510. The van der Waals surface area contributed by atoms with Crippen LogP contribution in [0.1, 0.15) is 20.8 Å². The van der Waals surface area contributed by atoms with Crippen molar-refractivity contribution in [3.05, 3.63) is 0 Å². The van der Waals surface area contributed by atoms with Crippen molar-refractivity contribution in [1.29, 1.82) is 0 Å². The van der Waals surface area contributed by atoms with Crippen molar-refractivity contribution in [2.75, 3.05) is 26.7 Å². The summed E-state index contributed by atoms with van der Waals surface area (Å²) in [5.74, 6) is 0. The van der Waals surface area contributed by atoms with Crippen molar-refractivity contribution in [3.63, 3.8) is 0 Å². The Labute approximate surface area is 64.2 Å². The minimum absolute atomic E-state index is 0.439. The minimum Gasteiger partial charge on any atom is -0.376 e. The molecule has 1 atom stereocenters. The number of rotatable bonds is 0. The minimum atomic E-state index is 0.439. The summed E-state index contributed by atoms with van der Waals surface area (Å²) in [6, 6.07) is 0. The first-order valence-electron chi connectivity index (χ1n) is 4.09. The Kier molecular flexibility index (Phi) is 5.64. The Morgan fingerprint density at radius 3 is 2.30 bits per heavy atom. The van der Waals surface area contributed by atoms with Crippen molar-refractivity contribution in [1.82, 2.24) is 4.90 Å². The van der Waals surface area contributed by atoms with Crippen molar-refractivity contribution in [3.8, 4) is 0 Å². The van der Waals surface area contributed by atoms with Crippen molar-refractivity contribution in [2.45, 2.75) is 26.9 Å². The van der Waals surface area contributed by atoms with Crippen LogP contribution in [-0.2, 0) is 4.74 Å². The van der Waals surface area contributed by atoms with E-state index in [1.165, 1.54) is 0 Å². The number of likely N-dealkylation sites (N-methyl/N-ethyl adjacent to an activating group) is 1. The Bertz CT molecular complexity index is 67.7. The summed E-state index contributed by atoms with van der Waals surface area (Å²) in [6.07, 6.45) is 0.439. The van der Waals surface area contributed by atoms with Crippen LogP contribution in [-0.4, -0.2) is 37.7 Å². The van der Waals surface area contributed by atoms with E-state index in [9.17, 15) is 0 Å². The second-order valence-corrected chi connectivity index (χ2v) is 2.44. The topological polar surface area (TPSA) is 12.5 Å². The molecule has 0 radical (unpaired) electrons. The molecule has 0 bridgehead atoms. The highest BCUT2D eigenvalue weighted by Gasteiger charge is 2.11. The van der Waals surface area contributed by atoms with Gasteiger partial charge in [0, 0.05) is 13.1 Å². The second kappa shape index (κ2) is 5.69. The standard InChI is InChI=1S/C6H13NO.C2H6/c1-6-5-7(2)3-4-8-6;1-2/h6H,3-5H2,1-2H3;1-2H3. The Morgan fingerprint density at radius 2 is 2.00 bits per heavy atom. The molecular weight excluding hydrogens is 126 g/mol. The van der Waals surface area contributed by atoms with Crippen LogP contribution in [0.5, 0.6) is 0 Å². The SMILES string of the molecule is CC.CC1CN(C)CCO1. The van der Waals surface area contributed by atoms with E-state index < -0.39 is 0 Å². The van der Waals surface area contributed by atoms with Crippen molar-refractivity contribution in [2.24, 2.45) is 0 Å². The molecular formula is C8H19NO. The van der Waals surface area contributed by atoms with E-state index in [1.54, 1.807) is 0 Å².